The molecule has 2 amide bonds. The number of anilines is 2. The Morgan fingerprint density at radius 3 is 2.38 bits per heavy atom. The van der Waals surface area contributed by atoms with E-state index in [0.717, 1.165) is 17.4 Å². The first kappa shape index (κ1) is 18.6. The summed E-state index contributed by atoms with van der Waals surface area (Å²) in [6, 6.07) is 14.0. The van der Waals surface area contributed by atoms with E-state index in [1.165, 1.54) is 0 Å². The van der Waals surface area contributed by atoms with Crippen LogP contribution in [0.1, 0.15) is 6.92 Å². The van der Waals surface area contributed by atoms with Gasteiger partial charge in [0.2, 0.25) is 5.91 Å². The second-order valence-electron chi connectivity index (χ2n) is 5.11. The fraction of sp³-hybridized carbons (Fsp3) is 0.176. The molecule has 0 spiro atoms. The standard InChI is InChI=1S/C17H16Cl2N2O2S/c1-11(10-24-17(23)21-12-5-3-2-4-6-12)16(22)20-13-7-8-14(18)15(19)9-13/h2-9,11H,10H2,1H3,(H,20,22)(H,21,23). The summed E-state index contributed by atoms with van der Waals surface area (Å²) in [5, 5.41) is 6.12. The highest BCUT2D eigenvalue weighted by Crippen LogP contribution is 2.25. The van der Waals surface area contributed by atoms with E-state index in [1.54, 1.807) is 37.3 Å². The smallest absolute Gasteiger partial charge is 0.283 e. The number of hydrogen-bond donors (Lipinski definition) is 2. The molecule has 0 aliphatic rings. The molecule has 2 aromatic rings. The Kier molecular flexibility index (Phi) is 6.97. The van der Waals surface area contributed by atoms with Gasteiger partial charge in [-0.2, -0.15) is 0 Å². The van der Waals surface area contributed by atoms with Crippen LogP contribution in [0, 0.1) is 5.92 Å². The van der Waals surface area contributed by atoms with Crippen molar-refractivity contribution in [1.82, 2.24) is 0 Å². The van der Waals surface area contributed by atoms with Crippen LogP contribution in [-0.2, 0) is 4.79 Å². The lowest BCUT2D eigenvalue weighted by atomic mass is 10.2. The fourth-order valence-corrected chi connectivity index (χ4v) is 2.83. The van der Waals surface area contributed by atoms with Gasteiger partial charge in [0.25, 0.3) is 5.24 Å². The Bertz CT molecular complexity index is 726. The first-order valence-electron chi connectivity index (χ1n) is 7.20. The van der Waals surface area contributed by atoms with Gasteiger partial charge in [-0.15, -0.1) is 0 Å². The Hall–Kier alpha value is -1.69. The van der Waals surface area contributed by atoms with Crippen LogP contribution in [0.15, 0.2) is 48.5 Å². The van der Waals surface area contributed by atoms with Gasteiger partial charge in [-0.3, -0.25) is 9.59 Å². The lowest BCUT2D eigenvalue weighted by molar-refractivity contribution is -0.118. The van der Waals surface area contributed by atoms with E-state index >= 15 is 0 Å². The number of halogens is 2. The van der Waals surface area contributed by atoms with Crippen molar-refractivity contribution in [2.45, 2.75) is 6.92 Å². The van der Waals surface area contributed by atoms with Gasteiger partial charge in [0.15, 0.2) is 0 Å². The molecular weight excluding hydrogens is 367 g/mol. The maximum Gasteiger partial charge on any atom is 0.283 e. The Labute approximate surface area is 154 Å². The second kappa shape index (κ2) is 8.97. The molecule has 0 aliphatic heterocycles. The molecule has 126 valence electrons. The predicted octanol–water partition coefficient (Wildman–Crippen LogP) is 5.53. The zero-order valence-electron chi connectivity index (χ0n) is 12.9. The Morgan fingerprint density at radius 2 is 1.71 bits per heavy atom. The summed E-state index contributed by atoms with van der Waals surface area (Å²) in [4.78, 5) is 24.0. The molecule has 0 radical (unpaired) electrons. The van der Waals surface area contributed by atoms with E-state index in [9.17, 15) is 9.59 Å². The summed E-state index contributed by atoms with van der Waals surface area (Å²) >= 11 is 12.8. The number of carbonyl (C=O) groups is 2. The first-order valence-corrected chi connectivity index (χ1v) is 8.94. The molecule has 4 nitrogen and oxygen atoms in total. The Morgan fingerprint density at radius 1 is 1.00 bits per heavy atom. The molecule has 0 fully saturated rings. The van der Waals surface area contributed by atoms with Crippen LogP contribution in [0.4, 0.5) is 16.2 Å². The van der Waals surface area contributed by atoms with Crippen LogP contribution in [0.3, 0.4) is 0 Å². The molecule has 0 heterocycles. The van der Waals surface area contributed by atoms with Crippen molar-refractivity contribution in [3.63, 3.8) is 0 Å². The molecule has 1 unspecified atom stereocenters. The van der Waals surface area contributed by atoms with Gasteiger partial charge in [-0.05, 0) is 30.3 Å². The Balaban J connectivity index is 1.80. The molecule has 0 bridgehead atoms. The zero-order chi connectivity index (χ0) is 17.5. The summed E-state index contributed by atoms with van der Waals surface area (Å²) < 4.78 is 0. The van der Waals surface area contributed by atoms with Crippen molar-refractivity contribution in [3.05, 3.63) is 58.6 Å². The average molecular weight is 383 g/mol. The molecule has 0 aromatic heterocycles. The zero-order valence-corrected chi connectivity index (χ0v) is 15.2. The highest BCUT2D eigenvalue weighted by atomic mass is 35.5. The van der Waals surface area contributed by atoms with Gasteiger partial charge in [-0.1, -0.05) is 60.1 Å². The minimum Gasteiger partial charge on any atom is -0.326 e. The van der Waals surface area contributed by atoms with E-state index in [4.69, 9.17) is 23.2 Å². The molecule has 7 heteroatoms. The summed E-state index contributed by atoms with van der Waals surface area (Å²) in [6.07, 6.45) is 0. The normalized spacial score (nSPS) is 11.6. The van der Waals surface area contributed by atoms with Crippen LogP contribution in [-0.4, -0.2) is 16.9 Å². The number of carbonyl (C=O) groups excluding carboxylic acids is 2. The highest BCUT2D eigenvalue weighted by Gasteiger charge is 2.16. The van der Waals surface area contributed by atoms with E-state index < -0.39 is 0 Å². The second-order valence-corrected chi connectivity index (χ2v) is 6.92. The van der Waals surface area contributed by atoms with Gasteiger partial charge in [-0.25, -0.2) is 0 Å². The van der Waals surface area contributed by atoms with Gasteiger partial charge in [0.05, 0.1) is 10.0 Å². The lowest BCUT2D eigenvalue weighted by Gasteiger charge is -2.12. The first-order chi connectivity index (χ1) is 11.5. The van der Waals surface area contributed by atoms with Crippen LogP contribution in [0.25, 0.3) is 0 Å². The molecule has 2 N–H and O–H groups in total. The summed E-state index contributed by atoms with van der Waals surface area (Å²) in [5.41, 5.74) is 1.29. The fourth-order valence-electron chi connectivity index (χ4n) is 1.79. The number of para-hydroxylation sites is 1. The maximum absolute atomic E-state index is 12.1. The van der Waals surface area contributed by atoms with Crippen molar-refractivity contribution < 1.29 is 9.59 Å². The van der Waals surface area contributed by atoms with Gasteiger partial charge < -0.3 is 10.6 Å². The largest absolute Gasteiger partial charge is 0.326 e. The number of rotatable bonds is 5. The maximum atomic E-state index is 12.1. The average Bonchev–Trinajstić information content (AvgIpc) is 2.57. The molecule has 1 atom stereocenters. The lowest BCUT2D eigenvalue weighted by Crippen LogP contribution is -2.23. The predicted molar refractivity (Wildman–Crippen MR) is 102 cm³/mol. The minimum absolute atomic E-state index is 0.187. The van der Waals surface area contributed by atoms with Crippen molar-refractivity contribution in [3.8, 4) is 0 Å². The SMILES string of the molecule is CC(CSC(=O)Nc1ccccc1)C(=O)Nc1ccc(Cl)c(Cl)c1. The molecular formula is C17H16Cl2N2O2S. The number of hydrogen-bond acceptors (Lipinski definition) is 3. The van der Waals surface area contributed by atoms with Crippen LogP contribution in [0.5, 0.6) is 0 Å². The third-order valence-electron chi connectivity index (χ3n) is 3.12. The van der Waals surface area contributed by atoms with E-state index in [0.29, 0.717) is 21.5 Å². The number of benzene rings is 2. The topological polar surface area (TPSA) is 58.2 Å². The van der Waals surface area contributed by atoms with Crippen LogP contribution >= 0.6 is 35.0 Å². The van der Waals surface area contributed by atoms with E-state index in [-0.39, 0.29) is 17.1 Å². The summed E-state index contributed by atoms with van der Waals surface area (Å²) in [5.74, 6) is -0.161. The van der Waals surface area contributed by atoms with Crippen molar-refractivity contribution >= 4 is 57.5 Å². The third kappa shape index (κ3) is 5.74. The summed E-state index contributed by atoms with van der Waals surface area (Å²) in [6.45, 7) is 1.76. The van der Waals surface area contributed by atoms with E-state index in [1.807, 2.05) is 18.2 Å². The van der Waals surface area contributed by atoms with Gasteiger partial charge in [0, 0.05) is 23.0 Å². The number of nitrogens with one attached hydrogen (secondary N) is 2. The van der Waals surface area contributed by atoms with Crippen LogP contribution in [0.2, 0.25) is 10.0 Å². The molecule has 2 rings (SSSR count). The number of thioether (sulfide) groups is 1. The van der Waals surface area contributed by atoms with E-state index in [2.05, 4.69) is 10.6 Å². The number of amides is 2. The molecule has 0 aliphatic carbocycles. The van der Waals surface area contributed by atoms with Gasteiger partial charge in [0.1, 0.15) is 0 Å². The van der Waals surface area contributed by atoms with Crippen molar-refractivity contribution in [1.29, 1.82) is 0 Å². The summed E-state index contributed by atoms with van der Waals surface area (Å²) in [7, 11) is 0. The third-order valence-corrected chi connectivity index (χ3v) is 4.89. The molecule has 24 heavy (non-hydrogen) atoms. The quantitative estimate of drug-likeness (QED) is 0.713. The van der Waals surface area contributed by atoms with Gasteiger partial charge >= 0.3 is 0 Å². The molecule has 0 saturated heterocycles. The van der Waals surface area contributed by atoms with Crippen molar-refractivity contribution in [2.75, 3.05) is 16.4 Å². The molecule has 0 saturated carbocycles. The van der Waals surface area contributed by atoms with Crippen molar-refractivity contribution in [2.24, 2.45) is 5.92 Å². The molecule has 2 aromatic carbocycles. The minimum atomic E-state index is -0.342. The van der Waals surface area contributed by atoms with Crippen LogP contribution < -0.4 is 10.6 Å². The highest BCUT2D eigenvalue weighted by molar-refractivity contribution is 8.13. The monoisotopic (exact) mass is 382 g/mol.